The van der Waals surface area contributed by atoms with E-state index in [9.17, 15) is 29.4 Å². The summed E-state index contributed by atoms with van der Waals surface area (Å²) in [5.41, 5.74) is -2.05. The first-order valence-electron chi connectivity index (χ1n) is 10.1. The average molecular weight is 406 g/mol. The van der Waals surface area contributed by atoms with Crippen molar-refractivity contribution < 1.29 is 29.4 Å². The zero-order valence-corrected chi connectivity index (χ0v) is 17.0. The van der Waals surface area contributed by atoms with Crippen LogP contribution in [0.4, 0.5) is 0 Å². The van der Waals surface area contributed by atoms with Crippen molar-refractivity contribution in [3.8, 4) is 0 Å². The van der Waals surface area contributed by atoms with Crippen LogP contribution < -0.4 is 10.2 Å². The number of carbonyl (C=O) groups is 2. The van der Waals surface area contributed by atoms with Crippen molar-refractivity contribution in [2.45, 2.75) is 77.0 Å². The highest BCUT2D eigenvalue weighted by atomic mass is 16.4. The summed E-state index contributed by atoms with van der Waals surface area (Å²) in [4.78, 5) is 50.1. The Morgan fingerprint density at radius 3 is 1.45 bits per heavy atom. The van der Waals surface area contributed by atoms with Crippen LogP contribution in [-0.4, -0.2) is 37.2 Å². The first kappa shape index (κ1) is 26.4. The number of carbonyl (C=O) groups excluding carboxylic acids is 4. The smallest absolute Gasteiger partial charge is 0.234 e. The maximum Gasteiger partial charge on any atom is 0.234 e. The number of aliphatic imine (C=N–C) groups is 2. The number of hydrogen-bond donors (Lipinski definition) is 0. The Kier molecular flexibility index (Phi) is 15.0. The number of isocyanates is 2. The Morgan fingerprint density at radius 2 is 1.10 bits per heavy atom. The fraction of sp³-hybridized carbons (Fsp3) is 0.714. The normalized spacial score (nSPS) is 12.3. The minimum Gasteiger partial charge on any atom is -0.549 e. The minimum atomic E-state index is -1.62. The molecule has 0 saturated heterocycles. The van der Waals surface area contributed by atoms with Gasteiger partial charge in [-0.1, -0.05) is 57.9 Å². The lowest BCUT2D eigenvalue weighted by molar-refractivity contribution is -0.322. The number of unbranched alkanes of at least 4 members (excludes halogenated alkanes) is 8. The second-order valence-corrected chi connectivity index (χ2v) is 7.12. The molecule has 0 aromatic carbocycles. The van der Waals surface area contributed by atoms with Crippen molar-refractivity contribution in [3.05, 3.63) is 12.2 Å². The van der Waals surface area contributed by atoms with E-state index < -0.39 is 22.9 Å². The molecule has 8 heteroatoms. The van der Waals surface area contributed by atoms with E-state index in [2.05, 4.69) is 16.6 Å². The Hall–Kier alpha value is -2.56. The van der Waals surface area contributed by atoms with Gasteiger partial charge in [0.15, 0.2) is 0 Å². The maximum atomic E-state index is 11.9. The van der Waals surface area contributed by atoms with Crippen molar-refractivity contribution >= 4 is 24.1 Å². The van der Waals surface area contributed by atoms with E-state index in [4.69, 9.17) is 0 Å². The molecule has 0 spiro atoms. The number of rotatable bonds is 19. The summed E-state index contributed by atoms with van der Waals surface area (Å²) in [5.74, 6) is -2.99. The quantitative estimate of drug-likeness (QED) is 0.137. The highest BCUT2D eigenvalue weighted by molar-refractivity contribution is 5.94. The predicted octanol–water partition coefficient (Wildman–Crippen LogP) is 1.38. The molecule has 0 aliphatic carbocycles. The van der Waals surface area contributed by atoms with E-state index in [0.717, 1.165) is 51.4 Å². The fourth-order valence-corrected chi connectivity index (χ4v) is 3.34. The first-order valence-corrected chi connectivity index (χ1v) is 10.1. The van der Waals surface area contributed by atoms with Crippen LogP contribution in [0, 0.1) is 5.41 Å². The molecule has 0 amide bonds. The van der Waals surface area contributed by atoms with E-state index in [1.165, 1.54) is 12.2 Å². The van der Waals surface area contributed by atoms with E-state index in [-0.39, 0.29) is 12.8 Å². The largest absolute Gasteiger partial charge is 0.549 e. The van der Waals surface area contributed by atoms with Crippen molar-refractivity contribution in [2.24, 2.45) is 15.4 Å². The minimum absolute atomic E-state index is 0.142. The highest BCUT2D eigenvalue weighted by Gasteiger charge is 2.34. The van der Waals surface area contributed by atoms with E-state index in [0.29, 0.717) is 25.9 Å². The van der Waals surface area contributed by atoms with Gasteiger partial charge in [-0.15, -0.1) is 0 Å². The van der Waals surface area contributed by atoms with Crippen molar-refractivity contribution in [3.63, 3.8) is 0 Å². The van der Waals surface area contributed by atoms with Crippen LogP contribution in [0.25, 0.3) is 0 Å². The van der Waals surface area contributed by atoms with Crippen LogP contribution in [0.15, 0.2) is 22.1 Å². The molecular weight excluding hydrogens is 376 g/mol. The highest BCUT2D eigenvalue weighted by Crippen LogP contribution is 2.38. The van der Waals surface area contributed by atoms with Gasteiger partial charge in [-0.05, 0) is 31.3 Å². The molecule has 0 aromatic heterocycles. The van der Waals surface area contributed by atoms with Gasteiger partial charge in [-0.3, -0.25) is 0 Å². The molecule has 0 fully saturated rings. The van der Waals surface area contributed by atoms with Gasteiger partial charge in [0, 0.05) is 5.41 Å². The summed E-state index contributed by atoms with van der Waals surface area (Å²) in [6.07, 6.45) is 10.6. The molecule has 0 unspecified atom stereocenters. The van der Waals surface area contributed by atoms with E-state index in [1.54, 1.807) is 0 Å². The Balaban J connectivity index is 4.59. The number of carboxylic acids is 2. The van der Waals surface area contributed by atoms with E-state index >= 15 is 0 Å². The number of carboxylic acid groups (broad SMARTS) is 2. The standard InChI is InChI=1S/C21H32N2O6/c1-18(19(26)27)21(20(28)29,12-8-4-2-6-10-14-22-16-24)13-9-5-3-7-11-15-23-17-25/h1-15H2,(H,26,27)(H,28,29)/p-2. The predicted molar refractivity (Wildman–Crippen MR) is 103 cm³/mol. The molecule has 0 bridgehead atoms. The third-order valence-electron chi connectivity index (χ3n) is 5.09. The van der Waals surface area contributed by atoms with Gasteiger partial charge in [0.05, 0.1) is 25.0 Å². The lowest BCUT2D eigenvalue weighted by Crippen LogP contribution is -2.47. The summed E-state index contributed by atoms with van der Waals surface area (Å²) in [5, 5.41) is 23.2. The summed E-state index contributed by atoms with van der Waals surface area (Å²) in [7, 11) is 0. The van der Waals surface area contributed by atoms with Crippen LogP contribution in [0.3, 0.4) is 0 Å². The van der Waals surface area contributed by atoms with Crippen LogP contribution >= 0.6 is 0 Å². The number of hydrogen-bond acceptors (Lipinski definition) is 8. The lowest BCUT2D eigenvalue weighted by atomic mass is 9.72. The average Bonchev–Trinajstić information content (AvgIpc) is 2.69. The molecule has 0 aliphatic rings. The topological polar surface area (TPSA) is 139 Å². The molecular formula is C21H30N2O6-2. The summed E-state index contributed by atoms with van der Waals surface area (Å²) in [6, 6.07) is 0. The summed E-state index contributed by atoms with van der Waals surface area (Å²) in [6.45, 7) is 4.32. The van der Waals surface area contributed by atoms with Gasteiger partial charge in [0.2, 0.25) is 12.2 Å². The molecule has 0 aromatic rings. The number of aliphatic carboxylic acids is 2. The van der Waals surface area contributed by atoms with Gasteiger partial charge in [0.1, 0.15) is 0 Å². The zero-order chi connectivity index (χ0) is 22.0. The molecule has 0 atom stereocenters. The fourth-order valence-electron chi connectivity index (χ4n) is 3.34. The molecule has 0 rings (SSSR count). The summed E-state index contributed by atoms with van der Waals surface area (Å²) < 4.78 is 0. The van der Waals surface area contributed by atoms with Gasteiger partial charge < -0.3 is 19.8 Å². The molecule has 0 saturated carbocycles. The molecule has 29 heavy (non-hydrogen) atoms. The zero-order valence-electron chi connectivity index (χ0n) is 17.0. The van der Waals surface area contributed by atoms with Crippen molar-refractivity contribution in [1.82, 2.24) is 0 Å². The van der Waals surface area contributed by atoms with Crippen LogP contribution in [-0.2, 0) is 19.2 Å². The van der Waals surface area contributed by atoms with Gasteiger partial charge in [-0.2, -0.15) is 0 Å². The van der Waals surface area contributed by atoms with Gasteiger partial charge in [0.25, 0.3) is 0 Å². The molecule has 0 radical (unpaired) electrons. The van der Waals surface area contributed by atoms with Crippen LogP contribution in [0.5, 0.6) is 0 Å². The molecule has 0 heterocycles. The third-order valence-corrected chi connectivity index (χ3v) is 5.09. The molecule has 0 N–H and O–H groups in total. The van der Waals surface area contributed by atoms with Gasteiger partial charge in [-0.25, -0.2) is 19.6 Å². The number of nitrogens with zero attached hydrogens (tertiary/aromatic N) is 2. The van der Waals surface area contributed by atoms with Gasteiger partial charge >= 0.3 is 0 Å². The molecule has 162 valence electrons. The SMILES string of the molecule is C=C(C(=O)[O-])C(CCCCCCCN=C=O)(CCCCCCCN=C=O)C(=O)[O-]. The summed E-state index contributed by atoms with van der Waals surface area (Å²) >= 11 is 0. The van der Waals surface area contributed by atoms with Crippen molar-refractivity contribution in [1.29, 1.82) is 0 Å². The van der Waals surface area contributed by atoms with E-state index in [1.807, 2.05) is 0 Å². The Morgan fingerprint density at radius 1 is 0.724 bits per heavy atom. The van der Waals surface area contributed by atoms with Crippen molar-refractivity contribution in [2.75, 3.05) is 13.1 Å². The van der Waals surface area contributed by atoms with Crippen LogP contribution in [0.2, 0.25) is 0 Å². The Labute approximate surface area is 171 Å². The second kappa shape index (κ2) is 16.4. The molecule has 0 aliphatic heterocycles. The monoisotopic (exact) mass is 406 g/mol. The second-order valence-electron chi connectivity index (χ2n) is 7.12. The van der Waals surface area contributed by atoms with Crippen LogP contribution in [0.1, 0.15) is 77.0 Å². The maximum absolute atomic E-state index is 11.9. The molecule has 8 nitrogen and oxygen atoms in total. The first-order chi connectivity index (χ1) is 13.9. The third kappa shape index (κ3) is 11.1. The Bertz CT molecular complexity index is 587. The lowest BCUT2D eigenvalue weighted by Gasteiger charge is -2.37.